The molecule has 1 aliphatic heterocycles. The molecule has 0 aromatic rings. The van der Waals surface area contributed by atoms with Gasteiger partial charge in [0.2, 0.25) is 10.0 Å². The van der Waals surface area contributed by atoms with Crippen LogP contribution in [0.3, 0.4) is 0 Å². The first-order valence-corrected chi connectivity index (χ1v) is 7.48. The Morgan fingerprint density at radius 2 is 2.00 bits per heavy atom. The van der Waals surface area contributed by atoms with E-state index in [1.54, 1.807) is 6.92 Å². The van der Waals surface area contributed by atoms with Crippen LogP contribution in [-0.2, 0) is 14.8 Å². The van der Waals surface area contributed by atoms with Crippen LogP contribution in [0, 0.1) is 0 Å². The summed E-state index contributed by atoms with van der Waals surface area (Å²) < 4.78 is 25.6. The first-order chi connectivity index (χ1) is 7.89. The predicted molar refractivity (Wildman–Crippen MR) is 64.3 cm³/mol. The van der Waals surface area contributed by atoms with Gasteiger partial charge in [0.05, 0.1) is 12.2 Å². The summed E-state index contributed by atoms with van der Waals surface area (Å²) in [5.74, 6) is -1.45. The zero-order chi connectivity index (χ0) is 12.9. The van der Waals surface area contributed by atoms with E-state index in [1.807, 2.05) is 0 Å². The summed E-state index contributed by atoms with van der Waals surface area (Å²) in [5, 5.41) is 8.44. The van der Waals surface area contributed by atoms with Crippen LogP contribution in [0.5, 0.6) is 0 Å². The average Bonchev–Trinajstić information content (AvgIpc) is 2.66. The van der Waals surface area contributed by atoms with Crippen molar-refractivity contribution in [2.45, 2.75) is 32.2 Å². The second-order valence-electron chi connectivity index (χ2n) is 4.49. The molecule has 1 heterocycles. The summed E-state index contributed by atoms with van der Waals surface area (Å²) in [4.78, 5) is 12.5. The fourth-order valence-electron chi connectivity index (χ4n) is 1.98. The second-order valence-corrected chi connectivity index (χ2v) is 6.36. The Hall–Kier alpha value is -0.660. The molecule has 0 spiro atoms. The molecular weight excluding hydrogens is 244 g/mol. The molecule has 1 rings (SSSR count). The van der Waals surface area contributed by atoms with Crippen molar-refractivity contribution in [1.82, 2.24) is 9.62 Å². The van der Waals surface area contributed by atoms with Crippen molar-refractivity contribution >= 4 is 16.0 Å². The molecular formula is C10H20N2O4S. The highest BCUT2D eigenvalue weighted by molar-refractivity contribution is 7.89. The van der Waals surface area contributed by atoms with Crippen LogP contribution < -0.4 is 4.72 Å². The molecule has 1 unspecified atom stereocenters. The molecule has 0 amide bonds. The molecule has 2 N–H and O–H groups in total. The smallest absolute Gasteiger partial charge is 0.304 e. The Balaban J connectivity index is 2.32. The monoisotopic (exact) mass is 264 g/mol. The topological polar surface area (TPSA) is 86.7 Å². The Labute approximate surface area is 102 Å². The highest BCUT2D eigenvalue weighted by Gasteiger charge is 2.19. The number of nitrogens with zero attached hydrogens (tertiary/aromatic N) is 1. The van der Waals surface area contributed by atoms with Crippen molar-refractivity contribution in [3.05, 3.63) is 0 Å². The van der Waals surface area contributed by atoms with Gasteiger partial charge in [-0.15, -0.1) is 0 Å². The maximum Gasteiger partial charge on any atom is 0.304 e. The number of hydrogen-bond donors (Lipinski definition) is 2. The van der Waals surface area contributed by atoms with Crippen LogP contribution in [0.1, 0.15) is 26.2 Å². The zero-order valence-corrected chi connectivity index (χ0v) is 10.9. The Kier molecular flexibility index (Phi) is 5.35. The quantitative estimate of drug-likeness (QED) is 0.668. The van der Waals surface area contributed by atoms with Gasteiger partial charge in [-0.1, -0.05) is 0 Å². The van der Waals surface area contributed by atoms with Gasteiger partial charge in [0.1, 0.15) is 0 Å². The van der Waals surface area contributed by atoms with E-state index in [4.69, 9.17) is 5.11 Å². The van der Waals surface area contributed by atoms with Crippen molar-refractivity contribution in [2.75, 3.05) is 25.4 Å². The van der Waals surface area contributed by atoms with E-state index in [0.29, 0.717) is 6.54 Å². The minimum absolute atomic E-state index is 0.174. The average molecular weight is 264 g/mol. The Morgan fingerprint density at radius 3 is 2.53 bits per heavy atom. The third-order valence-electron chi connectivity index (χ3n) is 2.70. The lowest BCUT2D eigenvalue weighted by atomic mass is 10.3. The van der Waals surface area contributed by atoms with E-state index in [1.165, 1.54) is 12.8 Å². The van der Waals surface area contributed by atoms with Crippen LogP contribution in [0.25, 0.3) is 0 Å². The number of carboxylic acids is 1. The van der Waals surface area contributed by atoms with Crippen molar-refractivity contribution in [3.8, 4) is 0 Å². The Morgan fingerprint density at radius 1 is 1.41 bits per heavy atom. The molecule has 0 bridgehead atoms. The van der Waals surface area contributed by atoms with Crippen molar-refractivity contribution in [3.63, 3.8) is 0 Å². The van der Waals surface area contributed by atoms with Gasteiger partial charge in [-0.25, -0.2) is 13.1 Å². The van der Waals surface area contributed by atoms with Crippen LogP contribution in [-0.4, -0.2) is 55.8 Å². The molecule has 1 saturated heterocycles. The maximum atomic E-state index is 11.5. The number of likely N-dealkylation sites (tertiary alicyclic amines) is 1. The maximum absolute atomic E-state index is 11.5. The van der Waals surface area contributed by atoms with Gasteiger partial charge in [-0.3, -0.25) is 4.79 Å². The lowest BCUT2D eigenvalue weighted by Crippen LogP contribution is -2.42. The molecule has 0 aromatic carbocycles. The van der Waals surface area contributed by atoms with Gasteiger partial charge >= 0.3 is 5.97 Å². The number of rotatable bonds is 7. The first-order valence-electron chi connectivity index (χ1n) is 5.83. The summed E-state index contributed by atoms with van der Waals surface area (Å²) in [6, 6.07) is -0.174. The predicted octanol–water partition coefficient (Wildman–Crippen LogP) is -0.135. The lowest BCUT2D eigenvalue weighted by Gasteiger charge is -2.20. The Bertz CT molecular complexity index is 349. The number of aliphatic carboxylic acids is 1. The largest absolute Gasteiger partial charge is 0.481 e. The fraction of sp³-hybridized carbons (Fsp3) is 0.900. The van der Waals surface area contributed by atoms with E-state index in [-0.39, 0.29) is 18.2 Å². The highest BCUT2D eigenvalue weighted by Crippen LogP contribution is 2.07. The van der Waals surface area contributed by atoms with Gasteiger partial charge in [0.25, 0.3) is 0 Å². The molecule has 1 aliphatic rings. The lowest BCUT2D eigenvalue weighted by molar-refractivity contribution is -0.136. The zero-order valence-electron chi connectivity index (χ0n) is 10.1. The molecule has 6 nitrogen and oxygen atoms in total. The molecule has 0 saturated carbocycles. The fourth-order valence-corrected chi connectivity index (χ4v) is 3.23. The molecule has 100 valence electrons. The second kappa shape index (κ2) is 6.32. The van der Waals surface area contributed by atoms with Crippen molar-refractivity contribution in [2.24, 2.45) is 0 Å². The minimum atomic E-state index is -3.48. The van der Waals surface area contributed by atoms with Gasteiger partial charge in [-0.2, -0.15) is 0 Å². The molecule has 0 radical (unpaired) electrons. The summed E-state index contributed by atoms with van der Waals surface area (Å²) in [6.45, 7) is 4.52. The summed E-state index contributed by atoms with van der Waals surface area (Å²) in [7, 11) is -3.48. The van der Waals surface area contributed by atoms with E-state index >= 15 is 0 Å². The molecule has 17 heavy (non-hydrogen) atoms. The summed E-state index contributed by atoms with van der Waals surface area (Å²) in [5.41, 5.74) is 0. The number of sulfonamides is 1. The SMILES string of the molecule is CC(CN1CCCC1)NS(=O)(=O)CCC(=O)O. The van der Waals surface area contributed by atoms with Gasteiger partial charge in [-0.05, 0) is 32.9 Å². The van der Waals surface area contributed by atoms with Crippen LogP contribution in [0.2, 0.25) is 0 Å². The van der Waals surface area contributed by atoms with Crippen LogP contribution in [0.15, 0.2) is 0 Å². The van der Waals surface area contributed by atoms with Crippen molar-refractivity contribution < 1.29 is 18.3 Å². The highest BCUT2D eigenvalue weighted by atomic mass is 32.2. The number of carbonyl (C=O) groups is 1. The van der Waals surface area contributed by atoms with Crippen molar-refractivity contribution in [1.29, 1.82) is 0 Å². The first kappa shape index (κ1) is 14.4. The van der Waals surface area contributed by atoms with Crippen LogP contribution in [0.4, 0.5) is 0 Å². The van der Waals surface area contributed by atoms with Gasteiger partial charge in [0, 0.05) is 12.6 Å². The summed E-state index contributed by atoms with van der Waals surface area (Å²) >= 11 is 0. The van der Waals surface area contributed by atoms with Crippen LogP contribution >= 0.6 is 0 Å². The molecule has 1 fully saturated rings. The number of nitrogens with one attached hydrogen (secondary N) is 1. The van der Waals surface area contributed by atoms with E-state index in [0.717, 1.165) is 13.1 Å². The van der Waals surface area contributed by atoms with E-state index < -0.39 is 16.0 Å². The van der Waals surface area contributed by atoms with Gasteiger partial charge < -0.3 is 10.0 Å². The number of hydrogen-bond acceptors (Lipinski definition) is 4. The molecule has 0 aromatic heterocycles. The normalized spacial score (nSPS) is 19.4. The van der Waals surface area contributed by atoms with Gasteiger partial charge in [0.15, 0.2) is 0 Å². The summed E-state index contributed by atoms with van der Waals surface area (Å²) in [6.07, 6.45) is 1.97. The molecule has 1 atom stereocenters. The standard InChI is InChI=1S/C10H20N2O4S/c1-9(8-12-5-2-3-6-12)11-17(15,16)7-4-10(13)14/h9,11H,2-8H2,1H3,(H,13,14). The minimum Gasteiger partial charge on any atom is -0.481 e. The number of carboxylic acid groups (broad SMARTS) is 1. The molecule has 7 heteroatoms. The third-order valence-corrected chi connectivity index (χ3v) is 4.20. The van der Waals surface area contributed by atoms with E-state index in [9.17, 15) is 13.2 Å². The van der Waals surface area contributed by atoms with E-state index in [2.05, 4.69) is 9.62 Å². The molecule has 0 aliphatic carbocycles. The third kappa shape index (κ3) is 5.99.